The molecule has 1 aliphatic rings. The van der Waals surface area contributed by atoms with Gasteiger partial charge in [-0.3, -0.25) is 9.59 Å². The van der Waals surface area contributed by atoms with Crippen LogP contribution < -0.4 is 10.1 Å². The summed E-state index contributed by atoms with van der Waals surface area (Å²) in [4.78, 5) is 22.9. The molecule has 25 heavy (non-hydrogen) atoms. The van der Waals surface area contributed by atoms with Crippen LogP contribution >= 0.6 is 11.6 Å². The molecular weight excluding hydrogens is 352 g/mol. The van der Waals surface area contributed by atoms with E-state index in [0.717, 1.165) is 25.1 Å². The maximum absolute atomic E-state index is 14.2. The van der Waals surface area contributed by atoms with Crippen molar-refractivity contribution in [3.05, 3.63) is 58.3 Å². The molecule has 1 amide bonds. The summed E-state index contributed by atoms with van der Waals surface area (Å²) >= 11 is 5.92. The summed E-state index contributed by atoms with van der Waals surface area (Å²) in [5, 5.41) is 3.21. The van der Waals surface area contributed by atoms with Crippen molar-refractivity contribution in [2.75, 3.05) is 0 Å². The summed E-state index contributed by atoms with van der Waals surface area (Å²) in [6.07, 6.45) is 6.48. The van der Waals surface area contributed by atoms with E-state index in [0.29, 0.717) is 17.2 Å². The van der Waals surface area contributed by atoms with Gasteiger partial charge >= 0.3 is 5.97 Å². The Kier molecular flexibility index (Phi) is 6.09. The van der Waals surface area contributed by atoms with Crippen molar-refractivity contribution >= 4 is 29.6 Å². The molecule has 4 nitrogen and oxygen atoms in total. The zero-order valence-electron chi connectivity index (χ0n) is 13.6. The van der Waals surface area contributed by atoms with E-state index in [9.17, 15) is 18.4 Å². The number of amides is 1. The number of ether oxygens (including phenoxy) is 1. The number of hydrogen-bond acceptors (Lipinski definition) is 3. The number of hydrogen-bond donors (Lipinski definition) is 1. The largest absolute Gasteiger partial charge is 0.420 e. The molecule has 0 radical (unpaired) electrons. The highest BCUT2D eigenvalue weighted by atomic mass is 35.5. The van der Waals surface area contributed by atoms with Crippen LogP contribution in [0.15, 0.2) is 41.1 Å². The second kappa shape index (κ2) is 8.07. The van der Waals surface area contributed by atoms with Gasteiger partial charge in [-0.15, -0.1) is 0 Å². The summed E-state index contributed by atoms with van der Waals surface area (Å²) in [6.45, 7) is 2.97. The average molecular weight is 368 g/mol. The van der Waals surface area contributed by atoms with E-state index in [4.69, 9.17) is 11.6 Å². The van der Waals surface area contributed by atoms with Crippen molar-refractivity contribution in [2.45, 2.75) is 20.3 Å². The summed E-state index contributed by atoms with van der Waals surface area (Å²) in [6, 6.07) is 2.10. The lowest BCUT2D eigenvalue weighted by atomic mass is 9.99. The van der Waals surface area contributed by atoms with E-state index in [2.05, 4.69) is 10.1 Å². The Morgan fingerprint density at radius 1 is 1.36 bits per heavy atom. The van der Waals surface area contributed by atoms with Crippen molar-refractivity contribution < 1.29 is 23.1 Å². The van der Waals surface area contributed by atoms with Crippen LogP contribution in [0.3, 0.4) is 0 Å². The van der Waals surface area contributed by atoms with Gasteiger partial charge in [-0.2, -0.15) is 0 Å². The first-order valence-electron chi connectivity index (χ1n) is 7.50. The number of carbonyl (C=O) groups excluding carboxylic acids is 2. The molecule has 0 saturated heterocycles. The molecule has 1 N–H and O–H groups in total. The maximum atomic E-state index is 14.2. The van der Waals surface area contributed by atoms with E-state index in [1.165, 1.54) is 6.08 Å². The molecule has 0 heterocycles. The second-order valence-electron chi connectivity index (χ2n) is 5.52. The first kappa shape index (κ1) is 18.9. The third kappa shape index (κ3) is 5.00. The molecule has 0 fully saturated rings. The summed E-state index contributed by atoms with van der Waals surface area (Å²) in [7, 11) is 0. The lowest BCUT2D eigenvalue weighted by molar-refractivity contribution is -0.132. The smallest absolute Gasteiger partial charge is 0.308 e. The molecule has 0 saturated carbocycles. The first-order chi connectivity index (χ1) is 11.8. The van der Waals surface area contributed by atoms with E-state index < -0.39 is 29.3 Å². The lowest BCUT2D eigenvalue weighted by Gasteiger charge is -2.18. The number of benzene rings is 1. The highest BCUT2D eigenvalue weighted by molar-refractivity contribution is 6.31. The van der Waals surface area contributed by atoms with Gasteiger partial charge < -0.3 is 10.1 Å². The minimum absolute atomic E-state index is 0.0867. The van der Waals surface area contributed by atoms with E-state index in [1.54, 1.807) is 6.08 Å². The number of nitrogens with one attached hydrogen (secondary N) is 1. The third-order valence-electron chi connectivity index (χ3n) is 3.50. The number of carbonyl (C=O) groups is 2. The van der Waals surface area contributed by atoms with Crippen LogP contribution in [0.2, 0.25) is 0 Å². The SMILES string of the molecule is CC(=O)Oc1c(F)ccc(/C=C/C(=O)NC2=CC(Cl)=CCC2C)c1F. The minimum atomic E-state index is -1.06. The van der Waals surface area contributed by atoms with Crippen LogP contribution in [0.4, 0.5) is 8.78 Å². The lowest BCUT2D eigenvalue weighted by Crippen LogP contribution is -2.25. The van der Waals surface area contributed by atoms with Gasteiger partial charge in [0.05, 0.1) is 0 Å². The monoisotopic (exact) mass is 367 g/mol. The molecule has 1 aliphatic carbocycles. The van der Waals surface area contributed by atoms with Crippen LogP contribution in [0.25, 0.3) is 6.08 Å². The fraction of sp³-hybridized carbons (Fsp3) is 0.222. The molecule has 2 rings (SSSR count). The normalized spacial score (nSPS) is 17.1. The fourth-order valence-electron chi connectivity index (χ4n) is 2.19. The van der Waals surface area contributed by atoms with Crippen LogP contribution in [0.1, 0.15) is 25.8 Å². The number of halogens is 3. The van der Waals surface area contributed by atoms with Crippen molar-refractivity contribution in [3.8, 4) is 5.75 Å². The maximum Gasteiger partial charge on any atom is 0.308 e. The van der Waals surface area contributed by atoms with E-state index >= 15 is 0 Å². The summed E-state index contributed by atoms with van der Waals surface area (Å²) in [5.41, 5.74) is 0.568. The molecule has 0 spiro atoms. The van der Waals surface area contributed by atoms with Crippen molar-refractivity contribution in [1.29, 1.82) is 0 Å². The van der Waals surface area contributed by atoms with Crippen molar-refractivity contribution in [1.82, 2.24) is 5.32 Å². The quantitative estimate of drug-likeness (QED) is 0.496. The van der Waals surface area contributed by atoms with E-state index in [1.807, 2.05) is 13.0 Å². The van der Waals surface area contributed by atoms with Gasteiger partial charge in [0, 0.05) is 29.3 Å². The Morgan fingerprint density at radius 3 is 2.76 bits per heavy atom. The number of allylic oxidation sites excluding steroid dienone is 4. The molecule has 0 aliphatic heterocycles. The number of esters is 1. The highest BCUT2D eigenvalue weighted by Crippen LogP contribution is 2.26. The summed E-state index contributed by atoms with van der Waals surface area (Å²) < 4.78 is 32.2. The number of rotatable bonds is 4. The average Bonchev–Trinajstić information content (AvgIpc) is 2.54. The summed E-state index contributed by atoms with van der Waals surface area (Å²) in [5.74, 6) is -4.09. The predicted molar refractivity (Wildman–Crippen MR) is 90.6 cm³/mol. The molecule has 1 aromatic rings. The predicted octanol–water partition coefficient (Wildman–Crippen LogP) is 4.07. The van der Waals surface area contributed by atoms with Gasteiger partial charge in [-0.05, 0) is 36.6 Å². The third-order valence-corrected chi connectivity index (χ3v) is 3.76. The minimum Gasteiger partial charge on any atom is -0.420 e. The first-order valence-corrected chi connectivity index (χ1v) is 7.88. The van der Waals surface area contributed by atoms with Crippen molar-refractivity contribution in [2.24, 2.45) is 5.92 Å². The molecule has 132 valence electrons. The Labute approximate surface area is 148 Å². The van der Waals surface area contributed by atoms with E-state index in [-0.39, 0.29) is 11.5 Å². The molecule has 1 unspecified atom stereocenters. The molecule has 0 aromatic heterocycles. The topological polar surface area (TPSA) is 55.4 Å². The van der Waals surface area contributed by atoms with Crippen LogP contribution in [0, 0.1) is 17.6 Å². The Hall–Kier alpha value is -2.47. The van der Waals surface area contributed by atoms with Crippen molar-refractivity contribution in [3.63, 3.8) is 0 Å². The van der Waals surface area contributed by atoms with Gasteiger partial charge in [0.25, 0.3) is 0 Å². The molecule has 1 aromatic carbocycles. The zero-order valence-corrected chi connectivity index (χ0v) is 14.4. The molecule has 0 bridgehead atoms. The zero-order chi connectivity index (χ0) is 18.6. The van der Waals surface area contributed by atoms with Gasteiger partial charge in [-0.25, -0.2) is 8.78 Å². The standard InChI is InChI=1S/C18H16ClF2NO3/c1-10-3-6-13(19)9-15(10)22-16(24)8-5-12-4-7-14(20)18(17(12)21)25-11(2)23/h4-10H,3H2,1-2H3,(H,22,24)/b8-5+. The van der Waals surface area contributed by atoms with Gasteiger partial charge in [0.2, 0.25) is 11.7 Å². The highest BCUT2D eigenvalue weighted by Gasteiger charge is 2.17. The van der Waals surface area contributed by atoms with Gasteiger partial charge in [-0.1, -0.05) is 24.6 Å². The fourth-order valence-corrected chi connectivity index (χ4v) is 2.40. The van der Waals surface area contributed by atoms with Crippen LogP contribution in [-0.2, 0) is 9.59 Å². The van der Waals surface area contributed by atoms with Crippen LogP contribution in [-0.4, -0.2) is 11.9 Å². The van der Waals surface area contributed by atoms with Gasteiger partial charge in [0.1, 0.15) is 0 Å². The molecular formula is C18H16ClF2NO3. The Bertz CT molecular complexity index is 800. The molecule has 1 atom stereocenters. The second-order valence-corrected chi connectivity index (χ2v) is 5.96. The Balaban J connectivity index is 2.15. The van der Waals surface area contributed by atoms with Crippen LogP contribution in [0.5, 0.6) is 5.75 Å². The molecule has 7 heteroatoms. The van der Waals surface area contributed by atoms with Gasteiger partial charge in [0.15, 0.2) is 11.6 Å². The Morgan fingerprint density at radius 2 is 2.08 bits per heavy atom.